The number of hydrogen-bond donors (Lipinski definition) is 2. The van der Waals surface area contributed by atoms with Crippen molar-refractivity contribution in [3.8, 4) is 0 Å². The maximum atomic E-state index is 12.1. The molecule has 18 nitrogen and oxygen atoms in total. The molecule has 236 valence electrons. The number of rotatable bonds is 10. The molecule has 18 heteroatoms. The van der Waals surface area contributed by atoms with Crippen LogP contribution in [0.15, 0.2) is 0 Å². The zero-order valence-corrected chi connectivity index (χ0v) is 23.4. The van der Waals surface area contributed by atoms with Crippen molar-refractivity contribution in [3.05, 3.63) is 0 Å². The first-order chi connectivity index (χ1) is 19.5. The second kappa shape index (κ2) is 14.9. The average molecular weight is 609 g/mol. The number of carboxylic acid groups (broad SMARTS) is 1. The van der Waals surface area contributed by atoms with Gasteiger partial charge in [-0.2, -0.15) is 0 Å². The molecule has 0 aliphatic carbocycles. The second-order valence-electron chi connectivity index (χ2n) is 9.10. The Morgan fingerprint density at radius 3 is 1.50 bits per heavy atom. The van der Waals surface area contributed by atoms with Gasteiger partial charge in [0, 0.05) is 41.5 Å². The highest BCUT2D eigenvalue weighted by molar-refractivity contribution is 5.75. The summed E-state index contributed by atoms with van der Waals surface area (Å²) >= 11 is 0. The SMILES string of the molecule is CC(=O)OC[C@H]1O[C@H](O[C@@H]2[C@@H](OC(C)=O)[C@H](O)O[C@H](C(=O)O)[C@H]2OC(C)=O)[C@@H](OC(C)=O)[C@@H](OC(C)=O)[C@@H]1OC(C)=O. The molecular weight excluding hydrogens is 576 g/mol. The minimum atomic E-state index is -2.14. The molecular formula is C24H32O18. The van der Waals surface area contributed by atoms with Crippen molar-refractivity contribution < 1.29 is 86.4 Å². The van der Waals surface area contributed by atoms with Gasteiger partial charge in [-0.25, -0.2) is 4.79 Å². The van der Waals surface area contributed by atoms with Crippen LogP contribution in [0.25, 0.3) is 0 Å². The maximum Gasteiger partial charge on any atom is 0.336 e. The smallest absolute Gasteiger partial charge is 0.336 e. The number of esters is 6. The quantitative estimate of drug-likeness (QED) is 0.203. The van der Waals surface area contributed by atoms with Gasteiger partial charge in [-0.1, -0.05) is 0 Å². The van der Waals surface area contributed by atoms with Gasteiger partial charge in [0.15, 0.2) is 49.2 Å². The van der Waals surface area contributed by atoms with E-state index in [0.29, 0.717) is 0 Å². The van der Waals surface area contributed by atoms with Gasteiger partial charge in [0.05, 0.1) is 0 Å². The summed E-state index contributed by atoms with van der Waals surface area (Å²) in [6, 6.07) is 0. The van der Waals surface area contributed by atoms with Crippen molar-refractivity contribution in [1.29, 1.82) is 0 Å². The van der Waals surface area contributed by atoms with Crippen molar-refractivity contribution in [1.82, 2.24) is 0 Å². The topological polar surface area (TPSA) is 243 Å². The van der Waals surface area contributed by atoms with Crippen LogP contribution < -0.4 is 0 Å². The van der Waals surface area contributed by atoms with Crippen molar-refractivity contribution >= 4 is 41.8 Å². The Bertz CT molecular complexity index is 1060. The van der Waals surface area contributed by atoms with E-state index in [-0.39, 0.29) is 0 Å². The number of ether oxygens (including phenoxy) is 9. The summed E-state index contributed by atoms with van der Waals surface area (Å²) < 4.78 is 47.7. The summed E-state index contributed by atoms with van der Waals surface area (Å²) in [5.74, 6) is -7.32. The second-order valence-corrected chi connectivity index (χ2v) is 9.10. The fourth-order valence-corrected chi connectivity index (χ4v) is 4.27. The zero-order chi connectivity index (χ0) is 31.9. The van der Waals surface area contributed by atoms with E-state index in [4.69, 9.17) is 42.6 Å². The molecule has 2 N–H and O–H groups in total. The molecule has 2 heterocycles. The Labute approximate surface area is 238 Å². The van der Waals surface area contributed by atoms with Crippen molar-refractivity contribution in [2.24, 2.45) is 0 Å². The molecule has 0 aromatic carbocycles. The summed E-state index contributed by atoms with van der Waals surface area (Å²) in [6.45, 7) is 5.29. The van der Waals surface area contributed by atoms with E-state index in [1.165, 1.54) is 0 Å². The lowest BCUT2D eigenvalue weighted by molar-refractivity contribution is -0.354. The monoisotopic (exact) mass is 608 g/mol. The molecule has 0 amide bonds. The third-order valence-corrected chi connectivity index (χ3v) is 5.60. The summed E-state index contributed by atoms with van der Waals surface area (Å²) in [5.41, 5.74) is 0. The third kappa shape index (κ3) is 9.33. The number of hydrogen-bond acceptors (Lipinski definition) is 17. The molecule has 2 saturated heterocycles. The number of carbonyl (C=O) groups is 7. The van der Waals surface area contributed by atoms with Crippen LogP contribution in [0.5, 0.6) is 0 Å². The Morgan fingerprint density at radius 2 is 1.02 bits per heavy atom. The molecule has 0 radical (unpaired) electrons. The Kier molecular flexibility index (Phi) is 12.1. The third-order valence-electron chi connectivity index (χ3n) is 5.60. The highest BCUT2D eigenvalue weighted by atomic mass is 16.8. The van der Waals surface area contributed by atoms with E-state index in [1.54, 1.807) is 0 Å². The van der Waals surface area contributed by atoms with E-state index in [9.17, 15) is 43.8 Å². The first kappa shape index (κ1) is 34.3. The van der Waals surface area contributed by atoms with Crippen LogP contribution in [0.3, 0.4) is 0 Å². The van der Waals surface area contributed by atoms with Crippen molar-refractivity contribution in [2.45, 2.75) is 103 Å². The lowest BCUT2D eigenvalue weighted by Crippen LogP contribution is -2.67. The molecule has 0 aromatic heterocycles. The van der Waals surface area contributed by atoms with Gasteiger partial charge in [-0.3, -0.25) is 28.8 Å². The molecule has 0 bridgehead atoms. The number of aliphatic hydroxyl groups excluding tert-OH is 1. The van der Waals surface area contributed by atoms with E-state index < -0.39 is 110 Å². The molecule has 42 heavy (non-hydrogen) atoms. The maximum absolute atomic E-state index is 12.1. The van der Waals surface area contributed by atoms with E-state index in [1.807, 2.05) is 0 Å². The summed E-state index contributed by atoms with van der Waals surface area (Å²) in [4.78, 5) is 83.3. The van der Waals surface area contributed by atoms with E-state index >= 15 is 0 Å². The summed E-state index contributed by atoms with van der Waals surface area (Å²) in [6.07, 6.45) is -18.2. The molecule has 2 fully saturated rings. The normalized spacial score (nSPS) is 32.5. The molecule has 0 spiro atoms. The predicted molar refractivity (Wildman–Crippen MR) is 126 cm³/mol. The van der Waals surface area contributed by atoms with Gasteiger partial charge < -0.3 is 52.8 Å². The summed E-state index contributed by atoms with van der Waals surface area (Å²) in [5, 5.41) is 20.2. The molecule has 2 aliphatic heterocycles. The zero-order valence-electron chi connectivity index (χ0n) is 23.4. The predicted octanol–water partition coefficient (Wildman–Crippen LogP) is -1.88. The first-order valence-electron chi connectivity index (χ1n) is 12.4. The van der Waals surface area contributed by atoms with Crippen LogP contribution in [0.1, 0.15) is 41.5 Å². The minimum Gasteiger partial charge on any atom is -0.479 e. The van der Waals surface area contributed by atoms with Crippen molar-refractivity contribution in [2.75, 3.05) is 6.61 Å². The number of aliphatic hydroxyl groups is 1. The van der Waals surface area contributed by atoms with E-state index in [2.05, 4.69) is 0 Å². The Balaban J connectivity index is 2.67. The average Bonchev–Trinajstić information content (AvgIpc) is 2.83. The number of carbonyl (C=O) groups excluding carboxylic acids is 6. The highest BCUT2D eigenvalue weighted by Gasteiger charge is 2.58. The Hall–Kier alpha value is -3.87. The van der Waals surface area contributed by atoms with Crippen LogP contribution in [0.4, 0.5) is 0 Å². The fourth-order valence-electron chi connectivity index (χ4n) is 4.27. The standard InChI is InChI=1S/C24H32O18/c1-8(25)34-7-14-15(35-9(2)26)16(36-10(3)27)21(39-13(6)30)24(40-14)42-18-17(37-11(4)28)19(22(31)32)41-23(33)20(18)38-12(5)29/h14-21,23-24,33H,7H2,1-6H3,(H,31,32)/t14-,15-,16+,17+,18+,19+,20-,21+,23-,24-/m1/s1. The lowest BCUT2D eigenvalue weighted by Gasteiger charge is -2.47. The van der Waals surface area contributed by atoms with Gasteiger partial charge in [-0.05, 0) is 0 Å². The van der Waals surface area contributed by atoms with Crippen LogP contribution in [0.2, 0.25) is 0 Å². The van der Waals surface area contributed by atoms with Gasteiger partial charge in [0.25, 0.3) is 0 Å². The molecule has 0 unspecified atom stereocenters. The molecule has 2 aliphatic rings. The summed E-state index contributed by atoms with van der Waals surface area (Å²) in [7, 11) is 0. The molecule has 2 rings (SSSR count). The highest BCUT2D eigenvalue weighted by Crippen LogP contribution is 2.34. The lowest BCUT2D eigenvalue weighted by atomic mass is 9.96. The van der Waals surface area contributed by atoms with Gasteiger partial charge in [0.2, 0.25) is 0 Å². The fraction of sp³-hybridized carbons (Fsp3) is 0.708. The van der Waals surface area contributed by atoms with Crippen molar-refractivity contribution in [3.63, 3.8) is 0 Å². The van der Waals surface area contributed by atoms with Gasteiger partial charge in [0.1, 0.15) is 18.8 Å². The minimum absolute atomic E-state index is 0.618. The van der Waals surface area contributed by atoms with Crippen LogP contribution >= 0.6 is 0 Å². The molecule has 0 saturated carbocycles. The van der Waals surface area contributed by atoms with Gasteiger partial charge in [-0.15, -0.1) is 0 Å². The van der Waals surface area contributed by atoms with Crippen LogP contribution in [0, 0.1) is 0 Å². The number of aliphatic carboxylic acids is 1. The first-order valence-corrected chi connectivity index (χ1v) is 12.4. The van der Waals surface area contributed by atoms with Gasteiger partial charge >= 0.3 is 41.8 Å². The number of carboxylic acids is 1. The van der Waals surface area contributed by atoms with Crippen LogP contribution in [-0.4, -0.2) is 120 Å². The van der Waals surface area contributed by atoms with E-state index in [0.717, 1.165) is 41.5 Å². The molecule has 0 aromatic rings. The Morgan fingerprint density at radius 1 is 0.571 bits per heavy atom. The van der Waals surface area contributed by atoms with Crippen LogP contribution in [-0.2, 0) is 76.2 Å². The largest absolute Gasteiger partial charge is 0.479 e. The molecule has 10 atom stereocenters.